The summed E-state index contributed by atoms with van der Waals surface area (Å²) in [5.41, 5.74) is 1.35. The highest BCUT2D eigenvalue weighted by Crippen LogP contribution is 2.29. The van der Waals surface area contributed by atoms with Crippen molar-refractivity contribution in [3.63, 3.8) is 0 Å². The van der Waals surface area contributed by atoms with Gasteiger partial charge in [-0.25, -0.2) is 22.8 Å². The highest BCUT2D eigenvalue weighted by molar-refractivity contribution is 7.90. The molecule has 0 radical (unpaired) electrons. The minimum Gasteiger partial charge on any atom is -0.494 e. The van der Waals surface area contributed by atoms with Gasteiger partial charge in [0.15, 0.2) is 21.4 Å². The summed E-state index contributed by atoms with van der Waals surface area (Å²) < 4.78 is 42.0. The fraction of sp³-hybridized carbons (Fsp3) is 0.222. The number of fused-ring (bicyclic) bond motifs is 1. The molecule has 0 fully saturated rings. The van der Waals surface area contributed by atoms with Crippen molar-refractivity contribution < 1.29 is 17.5 Å². The molecular weight excluding hydrogens is 357 g/mol. The number of methoxy groups -OCH3 is 1. The average molecular weight is 375 g/mol. The van der Waals surface area contributed by atoms with E-state index in [0.717, 1.165) is 5.56 Å². The fourth-order valence-electron chi connectivity index (χ4n) is 2.62. The molecule has 0 amide bonds. The largest absolute Gasteiger partial charge is 0.494 e. The molecular formula is C18H18FN3O3S. The van der Waals surface area contributed by atoms with Crippen LogP contribution in [0.25, 0.3) is 10.9 Å². The summed E-state index contributed by atoms with van der Waals surface area (Å²) in [4.78, 5) is 8.59. The zero-order valence-corrected chi connectivity index (χ0v) is 15.3. The second-order valence-corrected chi connectivity index (χ2v) is 7.95. The third-order valence-electron chi connectivity index (χ3n) is 4.07. The van der Waals surface area contributed by atoms with Crippen LogP contribution in [0.5, 0.6) is 5.75 Å². The predicted octanol–water partition coefficient (Wildman–Crippen LogP) is 3.35. The van der Waals surface area contributed by atoms with Crippen molar-refractivity contribution >= 4 is 26.6 Å². The number of ether oxygens (including phenoxy) is 1. The SMILES string of the molecule is COc1cc2c(NC(C)c3ccc(S(C)(=O)=O)cc3)ncnc2cc1F. The van der Waals surface area contributed by atoms with Crippen LogP contribution in [0, 0.1) is 5.82 Å². The first-order valence-electron chi connectivity index (χ1n) is 7.84. The molecule has 3 rings (SSSR count). The Morgan fingerprint density at radius 3 is 2.46 bits per heavy atom. The Kier molecular flexibility index (Phi) is 4.78. The smallest absolute Gasteiger partial charge is 0.175 e. The molecule has 1 N–H and O–H groups in total. The minimum atomic E-state index is -3.24. The Labute approximate surface area is 151 Å². The van der Waals surface area contributed by atoms with Crippen LogP contribution in [0.3, 0.4) is 0 Å². The molecule has 8 heteroatoms. The van der Waals surface area contributed by atoms with E-state index in [1.807, 2.05) is 6.92 Å². The molecule has 26 heavy (non-hydrogen) atoms. The summed E-state index contributed by atoms with van der Waals surface area (Å²) in [5, 5.41) is 3.88. The molecule has 0 spiro atoms. The summed E-state index contributed by atoms with van der Waals surface area (Å²) in [5.74, 6) is 0.155. The van der Waals surface area contributed by atoms with Crippen LogP contribution in [-0.2, 0) is 9.84 Å². The van der Waals surface area contributed by atoms with Gasteiger partial charge in [-0.2, -0.15) is 0 Å². The van der Waals surface area contributed by atoms with Crippen LogP contribution in [0.2, 0.25) is 0 Å². The van der Waals surface area contributed by atoms with Gasteiger partial charge in [0.25, 0.3) is 0 Å². The second-order valence-electron chi connectivity index (χ2n) is 5.93. The molecule has 3 aromatic rings. The van der Waals surface area contributed by atoms with Crippen molar-refractivity contribution in [1.82, 2.24) is 9.97 Å². The highest BCUT2D eigenvalue weighted by atomic mass is 32.2. The van der Waals surface area contributed by atoms with E-state index < -0.39 is 15.7 Å². The summed E-state index contributed by atoms with van der Waals surface area (Å²) >= 11 is 0. The molecule has 0 aliphatic rings. The van der Waals surface area contributed by atoms with Crippen LogP contribution in [0.15, 0.2) is 47.6 Å². The van der Waals surface area contributed by atoms with E-state index in [2.05, 4.69) is 15.3 Å². The van der Waals surface area contributed by atoms with Crippen molar-refractivity contribution in [2.75, 3.05) is 18.7 Å². The molecule has 1 aromatic heterocycles. The van der Waals surface area contributed by atoms with Gasteiger partial charge in [-0.15, -0.1) is 0 Å². The molecule has 1 unspecified atom stereocenters. The number of sulfone groups is 1. The van der Waals surface area contributed by atoms with Crippen molar-refractivity contribution in [2.45, 2.75) is 17.9 Å². The first-order chi connectivity index (χ1) is 12.3. The van der Waals surface area contributed by atoms with Crippen LogP contribution in [0.1, 0.15) is 18.5 Å². The quantitative estimate of drug-likeness (QED) is 0.736. The molecule has 0 aliphatic heterocycles. The van der Waals surface area contributed by atoms with E-state index in [0.29, 0.717) is 16.7 Å². The Morgan fingerprint density at radius 1 is 1.15 bits per heavy atom. The fourth-order valence-corrected chi connectivity index (χ4v) is 3.25. The second kappa shape index (κ2) is 6.87. The van der Waals surface area contributed by atoms with Crippen LogP contribution in [0.4, 0.5) is 10.2 Å². The van der Waals surface area contributed by atoms with Gasteiger partial charge in [0.2, 0.25) is 0 Å². The monoisotopic (exact) mass is 375 g/mol. The Balaban J connectivity index is 1.93. The van der Waals surface area contributed by atoms with Crippen LogP contribution in [-0.4, -0.2) is 31.8 Å². The van der Waals surface area contributed by atoms with Gasteiger partial charge in [-0.1, -0.05) is 12.1 Å². The molecule has 0 aliphatic carbocycles. The number of nitrogens with one attached hydrogen (secondary N) is 1. The van der Waals surface area contributed by atoms with Crippen molar-refractivity contribution in [3.8, 4) is 5.75 Å². The van der Waals surface area contributed by atoms with E-state index in [9.17, 15) is 12.8 Å². The number of benzene rings is 2. The number of halogens is 1. The standard InChI is InChI=1S/C18H18FN3O3S/c1-11(12-4-6-13(7-5-12)26(3,23)24)22-18-14-8-17(25-2)15(19)9-16(14)20-10-21-18/h4-11H,1-3H3,(H,20,21,22). The van der Waals surface area contributed by atoms with E-state index >= 15 is 0 Å². The number of nitrogens with zero attached hydrogens (tertiary/aromatic N) is 2. The van der Waals surface area contributed by atoms with Gasteiger partial charge in [0, 0.05) is 23.8 Å². The third kappa shape index (κ3) is 3.60. The van der Waals surface area contributed by atoms with E-state index in [1.165, 1.54) is 25.8 Å². The number of anilines is 1. The summed E-state index contributed by atoms with van der Waals surface area (Å²) in [7, 11) is -1.84. The van der Waals surface area contributed by atoms with Gasteiger partial charge in [-0.05, 0) is 30.7 Å². The maximum atomic E-state index is 13.9. The van der Waals surface area contributed by atoms with Gasteiger partial charge in [-0.3, -0.25) is 0 Å². The maximum absolute atomic E-state index is 13.9. The Morgan fingerprint density at radius 2 is 1.85 bits per heavy atom. The lowest BCUT2D eigenvalue weighted by molar-refractivity contribution is 0.387. The summed E-state index contributed by atoms with van der Waals surface area (Å²) in [6.07, 6.45) is 2.53. The minimum absolute atomic E-state index is 0.112. The lowest BCUT2D eigenvalue weighted by Crippen LogP contribution is -2.09. The number of hydrogen-bond donors (Lipinski definition) is 1. The number of rotatable bonds is 5. The normalized spacial score (nSPS) is 12.8. The predicted molar refractivity (Wildman–Crippen MR) is 97.6 cm³/mol. The summed E-state index contributed by atoms with van der Waals surface area (Å²) in [6.45, 7) is 1.92. The number of aromatic nitrogens is 2. The lowest BCUT2D eigenvalue weighted by Gasteiger charge is -2.17. The van der Waals surface area contributed by atoms with Gasteiger partial charge >= 0.3 is 0 Å². The Hall–Kier alpha value is -2.74. The first-order valence-corrected chi connectivity index (χ1v) is 9.73. The molecule has 0 bridgehead atoms. The highest BCUT2D eigenvalue weighted by Gasteiger charge is 2.14. The van der Waals surface area contributed by atoms with Crippen molar-refractivity contribution in [3.05, 3.63) is 54.1 Å². The topological polar surface area (TPSA) is 81.2 Å². The Bertz CT molecular complexity index is 1050. The first kappa shape index (κ1) is 18.1. The van der Waals surface area contributed by atoms with E-state index in [1.54, 1.807) is 30.3 Å². The van der Waals surface area contributed by atoms with Gasteiger partial charge in [0.05, 0.1) is 17.5 Å². The molecule has 0 saturated heterocycles. The lowest BCUT2D eigenvalue weighted by atomic mass is 10.1. The van der Waals surface area contributed by atoms with E-state index in [-0.39, 0.29) is 16.7 Å². The van der Waals surface area contributed by atoms with Crippen molar-refractivity contribution in [1.29, 1.82) is 0 Å². The van der Waals surface area contributed by atoms with Gasteiger partial charge < -0.3 is 10.1 Å². The van der Waals surface area contributed by atoms with Crippen molar-refractivity contribution in [2.24, 2.45) is 0 Å². The third-order valence-corrected chi connectivity index (χ3v) is 5.20. The average Bonchev–Trinajstić information content (AvgIpc) is 2.60. The van der Waals surface area contributed by atoms with Gasteiger partial charge in [0.1, 0.15) is 12.1 Å². The number of hydrogen-bond acceptors (Lipinski definition) is 6. The summed E-state index contributed by atoms with van der Waals surface area (Å²) in [6, 6.07) is 9.32. The maximum Gasteiger partial charge on any atom is 0.175 e. The molecule has 2 aromatic carbocycles. The van der Waals surface area contributed by atoms with Crippen LogP contribution >= 0.6 is 0 Å². The molecule has 6 nitrogen and oxygen atoms in total. The van der Waals surface area contributed by atoms with E-state index in [4.69, 9.17) is 4.74 Å². The molecule has 0 saturated carbocycles. The molecule has 136 valence electrons. The zero-order valence-electron chi connectivity index (χ0n) is 14.5. The van der Waals surface area contributed by atoms with Crippen LogP contribution < -0.4 is 10.1 Å². The molecule has 1 atom stereocenters. The zero-order chi connectivity index (χ0) is 18.9. The molecule has 1 heterocycles.